The van der Waals surface area contributed by atoms with Crippen LogP contribution in [0.15, 0.2) is 36.4 Å². The third-order valence-corrected chi connectivity index (χ3v) is 6.98. The van der Waals surface area contributed by atoms with Crippen LogP contribution in [-0.2, 0) is 6.18 Å². The lowest BCUT2D eigenvalue weighted by molar-refractivity contribution is -0.137. The summed E-state index contributed by atoms with van der Waals surface area (Å²) in [5.41, 5.74) is -1.65. The predicted octanol–water partition coefficient (Wildman–Crippen LogP) is 4.21. The van der Waals surface area contributed by atoms with Crippen molar-refractivity contribution in [2.45, 2.75) is 19.0 Å². The van der Waals surface area contributed by atoms with Gasteiger partial charge in [0.25, 0.3) is 5.91 Å². The second-order valence-corrected chi connectivity index (χ2v) is 8.91. The molecule has 2 heterocycles. The number of nitriles is 1. The van der Waals surface area contributed by atoms with Crippen molar-refractivity contribution < 1.29 is 31.9 Å². The van der Waals surface area contributed by atoms with E-state index in [2.05, 4.69) is 0 Å². The van der Waals surface area contributed by atoms with E-state index >= 15 is 0 Å². The maximum absolute atomic E-state index is 13.5. The summed E-state index contributed by atoms with van der Waals surface area (Å²) in [6, 6.07) is 7.80. The molecule has 1 spiro atoms. The summed E-state index contributed by atoms with van der Waals surface area (Å²) in [5.74, 6) is -2.40. The fraction of sp³-hybridized carbons (Fsp3) is 0.417. The number of amides is 1. The molecule has 1 N–H and O–H groups in total. The molecular formula is C24H22F5N3O2. The van der Waals surface area contributed by atoms with Crippen LogP contribution in [0.25, 0.3) is 0 Å². The molecule has 2 aromatic carbocycles. The highest BCUT2D eigenvalue weighted by molar-refractivity contribution is 5.94. The molecule has 1 amide bonds. The number of carbonyl (C=O) groups excluding carboxylic acids is 1. The lowest BCUT2D eigenvalue weighted by Gasteiger charge is -2.42. The topological polar surface area (TPSA) is 67.6 Å². The van der Waals surface area contributed by atoms with Gasteiger partial charge < -0.3 is 14.9 Å². The quantitative estimate of drug-likeness (QED) is 0.670. The highest BCUT2D eigenvalue weighted by Gasteiger charge is 2.48. The van der Waals surface area contributed by atoms with Crippen molar-refractivity contribution in [3.63, 3.8) is 0 Å². The number of alkyl halides is 3. The Morgan fingerprint density at radius 1 is 1.12 bits per heavy atom. The molecule has 4 rings (SSSR count). The molecule has 1 atom stereocenters. The van der Waals surface area contributed by atoms with Crippen molar-refractivity contribution in [1.29, 1.82) is 5.26 Å². The Hall–Kier alpha value is -3.19. The van der Waals surface area contributed by atoms with E-state index in [0.717, 1.165) is 24.3 Å². The van der Waals surface area contributed by atoms with Crippen LogP contribution in [0.1, 0.15) is 34.3 Å². The zero-order valence-electron chi connectivity index (χ0n) is 18.1. The molecule has 2 aliphatic heterocycles. The van der Waals surface area contributed by atoms with Crippen LogP contribution >= 0.6 is 0 Å². The van der Waals surface area contributed by atoms with Gasteiger partial charge in [-0.1, -0.05) is 0 Å². The van der Waals surface area contributed by atoms with E-state index in [1.165, 1.54) is 11.0 Å². The first kappa shape index (κ1) is 24.0. The average molecular weight is 479 g/mol. The number of nitrogens with zero attached hydrogens (tertiary/aromatic N) is 3. The summed E-state index contributed by atoms with van der Waals surface area (Å²) < 4.78 is 67.3. The second-order valence-electron chi connectivity index (χ2n) is 8.91. The third-order valence-electron chi connectivity index (χ3n) is 6.98. The molecule has 180 valence electrons. The van der Waals surface area contributed by atoms with E-state index in [4.69, 9.17) is 5.26 Å². The number of aliphatic hydroxyl groups is 1. The summed E-state index contributed by atoms with van der Waals surface area (Å²) in [7, 11) is 0. The molecular weight excluding hydrogens is 457 g/mol. The van der Waals surface area contributed by atoms with Crippen molar-refractivity contribution in [2.75, 3.05) is 37.7 Å². The number of anilines is 1. The van der Waals surface area contributed by atoms with Crippen LogP contribution in [0, 0.1) is 34.3 Å². The molecule has 0 bridgehead atoms. The van der Waals surface area contributed by atoms with E-state index in [1.807, 2.05) is 0 Å². The first-order chi connectivity index (χ1) is 16.1. The molecule has 34 heavy (non-hydrogen) atoms. The highest BCUT2D eigenvalue weighted by atomic mass is 19.4. The van der Waals surface area contributed by atoms with Gasteiger partial charge in [-0.15, -0.1) is 0 Å². The predicted molar refractivity (Wildman–Crippen MR) is 113 cm³/mol. The van der Waals surface area contributed by atoms with Crippen LogP contribution in [0.3, 0.4) is 0 Å². The van der Waals surface area contributed by atoms with Crippen LogP contribution in [0.5, 0.6) is 0 Å². The summed E-state index contributed by atoms with van der Waals surface area (Å²) in [6.45, 7) is 1.15. The van der Waals surface area contributed by atoms with Gasteiger partial charge in [0.05, 0.1) is 17.2 Å². The lowest BCUT2D eigenvalue weighted by Crippen LogP contribution is -2.47. The number of carbonyl (C=O) groups is 1. The van der Waals surface area contributed by atoms with Gasteiger partial charge in [0.2, 0.25) is 0 Å². The van der Waals surface area contributed by atoms with Crippen molar-refractivity contribution in [3.05, 3.63) is 64.7 Å². The van der Waals surface area contributed by atoms with E-state index in [9.17, 15) is 31.9 Å². The third kappa shape index (κ3) is 4.44. The van der Waals surface area contributed by atoms with Gasteiger partial charge >= 0.3 is 6.18 Å². The van der Waals surface area contributed by atoms with Gasteiger partial charge in [0.1, 0.15) is 11.6 Å². The van der Waals surface area contributed by atoms with Crippen molar-refractivity contribution >= 4 is 11.6 Å². The molecule has 0 aromatic heterocycles. The molecule has 2 saturated heterocycles. The summed E-state index contributed by atoms with van der Waals surface area (Å²) in [4.78, 5) is 16.0. The summed E-state index contributed by atoms with van der Waals surface area (Å²) in [6.07, 6.45) is -3.70. The van der Waals surface area contributed by atoms with Crippen molar-refractivity contribution in [3.8, 4) is 6.07 Å². The van der Waals surface area contributed by atoms with Crippen molar-refractivity contribution in [1.82, 2.24) is 4.90 Å². The fourth-order valence-electron chi connectivity index (χ4n) is 5.12. The van der Waals surface area contributed by atoms with Gasteiger partial charge in [0.15, 0.2) is 0 Å². The number of piperidine rings is 1. The standard InChI is InChI=1S/C24H22F5N3O2/c25-18-7-16(8-19(26)9-18)22(34)31-5-3-23(4-6-31)14-32(12-17(23)13-33)20-2-1-15(11-30)21(10-20)24(27,28)29/h1-2,7-10,17,33H,3-6,12-14H2. The molecule has 0 aliphatic carbocycles. The number of aliphatic hydroxyl groups excluding tert-OH is 1. The minimum atomic E-state index is -4.67. The van der Waals surface area contributed by atoms with Crippen LogP contribution in [-0.4, -0.2) is 48.7 Å². The average Bonchev–Trinajstić information content (AvgIpc) is 3.15. The van der Waals surface area contributed by atoms with E-state index in [1.54, 1.807) is 11.0 Å². The Morgan fingerprint density at radius 2 is 1.76 bits per heavy atom. The number of likely N-dealkylation sites (tertiary alicyclic amines) is 1. The largest absolute Gasteiger partial charge is 0.417 e. The molecule has 2 fully saturated rings. The minimum absolute atomic E-state index is 0.0857. The van der Waals surface area contributed by atoms with E-state index in [0.29, 0.717) is 50.8 Å². The molecule has 10 heteroatoms. The Labute approximate surface area is 193 Å². The van der Waals surface area contributed by atoms with Crippen LogP contribution < -0.4 is 4.90 Å². The zero-order chi connectivity index (χ0) is 24.7. The lowest BCUT2D eigenvalue weighted by atomic mass is 9.71. The van der Waals surface area contributed by atoms with Gasteiger partial charge in [0, 0.05) is 56.0 Å². The SMILES string of the molecule is N#Cc1ccc(N2CC(CO)C3(CCN(C(=O)c4cc(F)cc(F)c4)CC3)C2)cc1C(F)(F)F. The minimum Gasteiger partial charge on any atom is -0.396 e. The maximum atomic E-state index is 13.5. The van der Waals surface area contributed by atoms with Gasteiger partial charge in [-0.3, -0.25) is 4.79 Å². The molecule has 5 nitrogen and oxygen atoms in total. The smallest absolute Gasteiger partial charge is 0.396 e. The first-order valence-electron chi connectivity index (χ1n) is 10.8. The Balaban J connectivity index is 1.52. The number of benzene rings is 2. The number of rotatable bonds is 3. The van der Waals surface area contributed by atoms with Crippen LogP contribution in [0.2, 0.25) is 0 Å². The van der Waals surface area contributed by atoms with E-state index in [-0.39, 0.29) is 18.1 Å². The molecule has 2 aliphatic rings. The van der Waals surface area contributed by atoms with E-state index < -0.39 is 40.3 Å². The molecule has 1 unspecified atom stereocenters. The van der Waals surface area contributed by atoms with Crippen molar-refractivity contribution in [2.24, 2.45) is 11.3 Å². The number of halogens is 5. The zero-order valence-corrected chi connectivity index (χ0v) is 18.1. The monoisotopic (exact) mass is 479 g/mol. The Kier molecular flexibility index (Phi) is 6.25. The molecule has 0 radical (unpaired) electrons. The molecule has 0 saturated carbocycles. The summed E-state index contributed by atoms with van der Waals surface area (Å²) >= 11 is 0. The highest BCUT2D eigenvalue weighted by Crippen LogP contribution is 2.46. The first-order valence-corrected chi connectivity index (χ1v) is 10.8. The van der Waals surface area contributed by atoms with Crippen LogP contribution in [0.4, 0.5) is 27.6 Å². The normalized spacial score (nSPS) is 20.0. The fourth-order valence-corrected chi connectivity index (χ4v) is 5.12. The van der Waals surface area contributed by atoms with Gasteiger partial charge in [-0.2, -0.15) is 18.4 Å². The molecule has 2 aromatic rings. The second kappa shape index (κ2) is 8.87. The number of hydrogen-bond acceptors (Lipinski definition) is 4. The Bertz CT molecular complexity index is 1120. The summed E-state index contributed by atoms with van der Waals surface area (Å²) in [5, 5.41) is 19.0. The number of hydrogen-bond donors (Lipinski definition) is 1. The Morgan fingerprint density at radius 3 is 2.32 bits per heavy atom. The van der Waals surface area contributed by atoms with Gasteiger partial charge in [-0.05, 0) is 48.6 Å². The maximum Gasteiger partial charge on any atom is 0.417 e. The van der Waals surface area contributed by atoms with Gasteiger partial charge in [-0.25, -0.2) is 8.78 Å².